The number of hydrogen-bond donors (Lipinski definition) is 1. The molecule has 196 valence electrons. The summed E-state index contributed by atoms with van der Waals surface area (Å²) in [5, 5.41) is 0.560. The fourth-order valence-electron chi connectivity index (χ4n) is 4.05. The van der Waals surface area contributed by atoms with Crippen molar-refractivity contribution in [2.24, 2.45) is 0 Å². The number of anilines is 2. The Hall–Kier alpha value is -5.25. The highest BCUT2D eigenvalue weighted by atomic mass is 19.1. The number of benzene rings is 3. The predicted molar refractivity (Wildman–Crippen MR) is 141 cm³/mol. The van der Waals surface area contributed by atoms with E-state index in [1.54, 1.807) is 18.2 Å². The normalized spacial score (nSPS) is 10.8. The average Bonchev–Trinajstić information content (AvgIpc) is 2.95. The third-order valence-corrected chi connectivity index (χ3v) is 5.94. The highest BCUT2D eigenvalue weighted by Gasteiger charge is 2.24. The van der Waals surface area contributed by atoms with Crippen molar-refractivity contribution in [3.63, 3.8) is 0 Å². The van der Waals surface area contributed by atoms with Gasteiger partial charge in [0.1, 0.15) is 17.1 Å². The highest BCUT2D eigenvalue weighted by molar-refractivity contribution is 6.10. The van der Waals surface area contributed by atoms with Gasteiger partial charge in [0.15, 0.2) is 23.1 Å². The Morgan fingerprint density at radius 2 is 1.56 bits per heavy atom. The van der Waals surface area contributed by atoms with Crippen LogP contribution in [0.15, 0.2) is 90.0 Å². The SMILES string of the molecule is COc1cc2nccc(Oc3ccc(N(C(=O)c4ccc[nH]c4=O)c4ccc(F)cc4)cc3F)c2cc1OC. The molecule has 0 aliphatic carbocycles. The summed E-state index contributed by atoms with van der Waals surface area (Å²) in [5.41, 5.74) is 0.0924. The molecular formula is C29H21F2N3O5. The minimum absolute atomic E-state index is 0.103. The number of rotatable bonds is 7. The average molecular weight is 529 g/mol. The Kier molecular flexibility index (Phi) is 6.92. The number of nitrogens with zero attached hydrogens (tertiary/aromatic N) is 2. The molecular weight excluding hydrogens is 508 g/mol. The molecule has 0 bridgehead atoms. The number of carbonyl (C=O) groups excluding carboxylic acids is 1. The van der Waals surface area contributed by atoms with Crippen LogP contribution in [-0.2, 0) is 0 Å². The van der Waals surface area contributed by atoms with E-state index in [0.717, 1.165) is 23.1 Å². The topological polar surface area (TPSA) is 93.8 Å². The van der Waals surface area contributed by atoms with Gasteiger partial charge in [0.2, 0.25) is 0 Å². The van der Waals surface area contributed by atoms with Crippen molar-refractivity contribution in [1.82, 2.24) is 9.97 Å². The van der Waals surface area contributed by atoms with Crippen LogP contribution in [0.2, 0.25) is 0 Å². The van der Waals surface area contributed by atoms with Gasteiger partial charge in [-0.25, -0.2) is 8.78 Å². The summed E-state index contributed by atoms with van der Waals surface area (Å²) in [6.45, 7) is 0. The van der Waals surface area contributed by atoms with E-state index >= 15 is 4.39 Å². The van der Waals surface area contributed by atoms with Crippen molar-refractivity contribution in [2.75, 3.05) is 19.1 Å². The van der Waals surface area contributed by atoms with Crippen molar-refractivity contribution in [2.45, 2.75) is 0 Å². The molecule has 0 spiro atoms. The summed E-state index contributed by atoms with van der Waals surface area (Å²) in [6, 6.07) is 16.7. The van der Waals surface area contributed by atoms with E-state index in [0.29, 0.717) is 28.2 Å². The number of pyridine rings is 2. The number of aromatic amines is 1. The summed E-state index contributed by atoms with van der Waals surface area (Å²) < 4.78 is 45.6. The lowest BCUT2D eigenvalue weighted by Gasteiger charge is -2.23. The van der Waals surface area contributed by atoms with Crippen LogP contribution in [0.25, 0.3) is 10.9 Å². The lowest BCUT2D eigenvalue weighted by atomic mass is 10.1. The van der Waals surface area contributed by atoms with Gasteiger partial charge < -0.3 is 19.2 Å². The molecule has 0 radical (unpaired) electrons. The van der Waals surface area contributed by atoms with Gasteiger partial charge in [0, 0.05) is 35.6 Å². The molecule has 5 aromatic rings. The number of nitrogens with one attached hydrogen (secondary N) is 1. The van der Waals surface area contributed by atoms with Gasteiger partial charge in [0.25, 0.3) is 11.5 Å². The van der Waals surface area contributed by atoms with Crippen LogP contribution in [0.3, 0.4) is 0 Å². The Morgan fingerprint density at radius 3 is 2.26 bits per heavy atom. The van der Waals surface area contributed by atoms with Crippen molar-refractivity contribution in [3.8, 4) is 23.0 Å². The summed E-state index contributed by atoms with van der Waals surface area (Å²) in [7, 11) is 3.01. The number of carbonyl (C=O) groups is 1. The smallest absolute Gasteiger partial charge is 0.268 e. The second kappa shape index (κ2) is 10.6. The quantitative estimate of drug-likeness (QED) is 0.278. The summed E-state index contributed by atoms with van der Waals surface area (Å²) in [6.07, 6.45) is 2.91. The van der Waals surface area contributed by atoms with Gasteiger partial charge in [-0.05, 0) is 60.7 Å². The van der Waals surface area contributed by atoms with Gasteiger partial charge in [-0.1, -0.05) is 0 Å². The van der Waals surface area contributed by atoms with Gasteiger partial charge in [-0.3, -0.25) is 19.5 Å². The number of amides is 1. The van der Waals surface area contributed by atoms with Crippen LogP contribution in [0.1, 0.15) is 10.4 Å². The number of methoxy groups -OCH3 is 2. The Morgan fingerprint density at radius 1 is 0.846 bits per heavy atom. The Balaban J connectivity index is 1.54. The van der Waals surface area contributed by atoms with Crippen LogP contribution in [0.5, 0.6) is 23.0 Å². The van der Waals surface area contributed by atoms with Gasteiger partial charge in [-0.15, -0.1) is 0 Å². The van der Waals surface area contributed by atoms with Gasteiger partial charge in [0.05, 0.1) is 25.4 Å². The highest BCUT2D eigenvalue weighted by Crippen LogP contribution is 2.38. The van der Waals surface area contributed by atoms with Gasteiger partial charge >= 0.3 is 0 Å². The van der Waals surface area contributed by atoms with Crippen molar-refractivity contribution < 1.29 is 27.8 Å². The standard InChI is InChI=1S/C29H21F2N3O5/c1-37-26-15-21-23(16-27(26)38-2)32-13-11-24(21)39-25-10-9-19(14-22(25)31)34(18-7-5-17(30)6-8-18)29(36)20-4-3-12-33-28(20)35/h3-16H,1-2H3,(H,33,35). The second-order valence-electron chi connectivity index (χ2n) is 8.28. The Labute approximate surface area is 221 Å². The van der Waals surface area contributed by atoms with E-state index in [1.165, 1.54) is 63.0 Å². The largest absolute Gasteiger partial charge is 0.493 e. The lowest BCUT2D eigenvalue weighted by Crippen LogP contribution is -2.31. The number of ether oxygens (including phenoxy) is 3. The zero-order valence-electron chi connectivity index (χ0n) is 20.8. The molecule has 39 heavy (non-hydrogen) atoms. The fraction of sp³-hybridized carbons (Fsp3) is 0.0690. The third-order valence-electron chi connectivity index (χ3n) is 5.94. The maximum Gasteiger partial charge on any atom is 0.268 e. The molecule has 0 atom stereocenters. The van der Waals surface area contributed by atoms with Crippen LogP contribution >= 0.6 is 0 Å². The molecule has 0 aliphatic rings. The molecule has 0 saturated carbocycles. The first-order chi connectivity index (χ1) is 18.9. The summed E-state index contributed by atoms with van der Waals surface area (Å²) >= 11 is 0. The van der Waals surface area contributed by atoms with E-state index in [2.05, 4.69) is 9.97 Å². The number of aromatic nitrogens is 2. The first-order valence-corrected chi connectivity index (χ1v) is 11.7. The molecule has 8 nitrogen and oxygen atoms in total. The molecule has 0 fully saturated rings. The molecule has 10 heteroatoms. The minimum Gasteiger partial charge on any atom is -0.493 e. The number of halogens is 2. The first kappa shape index (κ1) is 25.4. The summed E-state index contributed by atoms with van der Waals surface area (Å²) in [5.74, 6) is -0.897. The molecule has 0 saturated heterocycles. The van der Waals surface area contributed by atoms with E-state index in [9.17, 15) is 14.0 Å². The Bertz CT molecular complexity index is 1740. The van der Waals surface area contributed by atoms with E-state index in [-0.39, 0.29) is 22.7 Å². The molecule has 1 N–H and O–H groups in total. The molecule has 3 aromatic carbocycles. The zero-order chi connectivity index (χ0) is 27.5. The van der Waals surface area contributed by atoms with Crippen LogP contribution < -0.4 is 24.7 Å². The predicted octanol–water partition coefficient (Wildman–Crippen LogP) is 5.99. The minimum atomic E-state index is -0.778. The molecule has 5 rings (SSSR count). The first-order valence-electron chi connectivity index (χ1n) is 11.7. The zero-order valence-corrected chi connectivity index (χ0v) is 20.8. The maximum absolute atomic E-state index is 15.4. The molecule has 1 amide bonds. The molecule has 2 heterocycles. The molecule has 0 unspecified atom stereocenters. The number of fused-ring (bicyclic) bond motifs is 1. The van der Waals surface area contributed by atoms with Crippen molar-refractivity contribution >= 4 is 28.2 Å². The monoisotopic (exact) mass is 529 g/mol. The number of H-pyrrole nitrogens is 1. The van der Waals surface area contributed by atoms with Crippen molar-refractivity contribution in [1.29, 1.82) is 0 Å². The van der Waals surface area contributed by atoms with E-state index in [1.807, 2.05) is 0 Å². The van der Waals surface area contributed by atoms with E-state index in [4.69, 9.17) is 14.2 Å². The fourth-order valence-corrected chi connectivity index (χ4v) is 4.05. The van der Waals surface area contributed by atoms with E-state index < -0.39 is 23.1 Å². The third kappa shape index (κ3) is 4.99. The number of hydrogen-bond acceptors (Lipinski definition) is 6. The van der Waals surface area contributed by atoms with Crippen LogP contribution in [0.4, 0.5) is 20.2 Å². The van der Waals surface area contributed by atoms with Crippen LogP contribution in [-0.4, -0.2) is 30.1 Å². The lowest BCUT2D eigenvalue weighted by molar-refractivity contribution is 0.0997. The van der Waals surface area contributed by atoms with Crippen LogP contribution in [0, 0.1) is 11.6 Å². The summed E-state index contributed by atoms with van der Waals surface area (Å²) in [4.78, 5) is 33.6. The second-order valence-corrected chi connectivity index (χ2v) is 8.28. The van der Waals surface area contributed by atoms with Gasteiger partial charge in [-0.2, -0.15) is 0 Å². The molecule has 0 aliphatic heterocycles. The maximum atomic E-state index is 15.4. The van der Waals surface area contributed by atoms with Crippen molar-refractivity contribution in [3.05, 3.63) is 113 Å². The molecule has 2 aromatic heterocycles.